The summed E-state index contributed by atoms with van der Waals surface area (Å²) in [5.41, 5.74) is -0.212. The largest absolute Gasteiger partial charge is 0.307 e. The van der Waals surface area contributed by atoms with Gasteiger partial charge in [-0.05, 0) is 18.2 Å². The standard InChI is InChI=1S/C12H10FN3O2/c1-16(10-5-3-2-4-8(10)13)12(18)9-6-7-11(17)15-14-9/h2-7H,1H3,(H,15,17). The van der Waals surface area contributed by atoms with Gasteiger partial charge in [0.2, 0.25) is 0 Å². The third-order valence-electron chi connectivity index (χ3n) is 2.42. The average Bonchev–Trinajstić information content (AvgIpc) is 2.38. The van der Waals surface area contributed by atoms with Gasteiger partial charge >= 0.3 is 0 Å². The quantitative estimate of drug-likeness (QED) is 0.866. The summed E-state index contributed by atoms with van der Waals surface area (Å²) in [5.74, 6) is -1.01. The number of carbonyl (C=O) groups excluding carboxylic acids is 1. The fraction of sp³-hybridized carbons (Fsp3) is 0.0833. The lowest BCUT2D eigenvalue weighted by molar-refractivity contribution is 0.0986. The molecule has 0 fully saturated rings. The molecule has 1 aromatic carbocycles. The van der Waals surface area contributed by atoms with Gasteiger partial charge in [-0.15, -0.1) is 0 Å². The van der Waals surface area contributed by atoms with Crippen molar-refractivity contribution in [2.45, 2.75) is 0 Å². The van der Waals surface area contributed by atoms with E-state index in [-0.39, 0.29) is 11.4 Å². The summed E-state index contributed by atoms with van der Waals surface area (Å²) < 4.78 is 13.5. The van der Waals surface area contributed by atoms with Crippen LogP contribution in [0.1, 0.15) is 10.5 Å². The Balaban J connectivity index is 2.32. The SMILES string of the molecule is CN(C(=O)c1ccc(=O)[nH]n1)c1ccccc1F. The lowest BCUT2D eigenvalue weighted by Gasteiger charge is -2.16. The highest BCUT2D eigenvalue weighted by molar-refractivity contribution is 6.04. The van der Waals surface area contributed by atoms with Gasteiger partial charge in [-0.3, -0.25) is 9.59 Å². The number of aromatic amines is 1. The molecule has 0 aliphatic rings. The van der Waals surface area contributed by atoms with Crippen molar-refractivity contribution in [2.75, 3.05) is 11.9 Å². The number of aromatic nitrogens is 2. The van der Waals surface area contributed by atoms with Gasteiger partial charge in [-0.25, -0.2) is 9.49 Å². The van der Waals surface area contributed by atoms with E-state index >= 15 is 0 Å². The van der Waals surface area contributed by atoms with Crippen LogP contribution in [0.3, 0.4) is 0 Å². The van der Waals surface area contributed by atoms with Crippen LogP contribution in [0.5, 0.6) is 0 Å². The van der Waals surface area contributed by atoms with Crippen LogP contribution < -0.4 is 10.5 Å². The molecule has 1 N–H and O–H groups in total. The van der Waals surface area contributed by atoms with Crippen LogP contribution in [0.15, 0.2) is 41.2 Å². The molecule has 18 heavy (non-hydrogen) atoms. The number of halogens is 1. The molecule has 92 valence electrons. The van der Waals surface area contributed by atoms with Gasteiger partial charge < -0.3 is 4.90 Å². The lowest BCUT2D eigenvalue weighted by Crippen LogP contribution is -2.28. The van der Waals surface area contributed by atoms with Crippen molar-refractivity contribution in [1.82, 2.24) is 10.2 Å². The lowest BCUT2D eigenvalue weighted by atomic mass is 10.2. The number of hydrogen-bond acceptors (Lipinski definition) is 3. The molecule has 0 atom stereocenters. The van der Waals surface area contributed by atoms with Crippen LogP contribution >= 0.6 is 0 Å². The van der Waals surface area contributed by atoms with Crippen molar-refractivity contribution < 1.29 is 9.18 Å². The Morgan fingerprint density at radius 1 is 1.28 bits per heavy atom. The maximum absolute atomic E-state index is 13.5. The van der Waals surface area contributed by atoms with Crippen molar-refractivity contribution in [3.8, 4) is 0 Å². The van der Waals surface area contributed by atoms with Crippen LogP contribution in [0.25, 0.3) is 0 Å². The molecule has 0 saturated heterocycles. The van der Waals surface area contributed by atoms with Crippen LogP contribution in [-0.4, -0.2) is 23.2 Å². The van der Waals surface area contributed by atoms with Gasteiger partial charge in [0.15, 0.2) is 0 Å². The minimum absolute atomic E-state index is 0.0420. The smallest absolute Gasteiger partial charge is 0.278 e. The van der Waals surface area contributed by atoms with Crippen LogP contribution in [0.4, 0.5) is 10.1 Å². The summed E-state index contributed by atoms with van der Waals surface area (Å²) in [6.45, 7) is 0. The Labute approximate surface area is 102 Å². The van der Waals surface area contributed by atoms with Gasteiger partial charge in [0.1, 0.15) is 11.5 Å². The molecule has 6 heteroatoms. The second-order valence-corrected chi connectivity index (χ2v) is 3.62. The topological polar surface area (TPSA) is 66.1 Å². The number of H-pyrrole nitrogens is 1. The number of amides is 1. The van der Waals surface area contributed by atoms with Crippen molar-refractivity contribution in [1.29, 1.82) is 0 Å². The first-order valence-electron chi connectivity index (χ1n) is 5.18. The first-order chi connectivity index (χ1) is 8.59. The zero-order valence-electron chi connectivity index (χ0n) is 9.55. The zero-order valence-corrected chi connectivity index (χ0v) is 9.55. The first-order valence-corrected chi connectivity index (χ1v) is 5.18. The van der Waals surface area contributed by atoms with Crippen molar-refractivity contribution in [3.05, 3.63) is 58.3 Å². The Hall–Kier alpha value is -2.50. The molecule has 0 saturated carbocycles. The summed E-state index contributed by atoms with van der Waals surface area (Å²) >= 11 is 0. The number of nitrogens with one attached hydrogen (secondary N) is 1. The predicted octanol–water partition coefficient (Wildman–Crippen LogP) is 1.19. The number of rotatable bonds is 2. The van der Waals surface area contributed by atoms with E-state index < -0.39 is 17.3 Å². The van der Waals surface area contributed by atoms with E-state index in [0.29, 0.717) is 0 Å². The van der Waals surface area contributed by atoms with Crippen LogP contribution in [0.2, 0.25) is 0 Å². The van der Waals surface area contributed by atoms with E-state index in [4.69, 9.17) is 0 Å². The van der Waals surface area contributed by atoms with Crippen LogP contribution in [0, 0.1) is 5.82 Å². The zero-order chi connectivity index (χ0) is 13.1. The average molecular weight is 247 g/mol. The van der Waals surface area contributed by atoms with E-state index in [1.165, 1.54) is 37.4 Å². The highest BCUT2D eigenvalue weighted by Crippen LogP contribution is 2.18. The first kappa shape index (κ1) is 12.0. The summed E-state index contributed by atoms with van der Waals surface area (Å²) in [5, 5.41) is 5.76. The van der Waals surface area contributed by atoms with Crippen molar-refractivity contribution in [3.63, 3.8) is 0 Å². The molecule has 0 aliphatic heterocycles. The number of anilines is 1. The predicted molar refractivity (Wildman–Crippen MR) is 64.0 cm³/mol. The maximum Gasteiger partial charge on any atom is 0.278 e. The molecule has 1 heterocycles. The minimum atomic E-state index is -0.503. The summed E-state index contributed by atoms with van der Waals surface area (Å²) in [7, 11) is 1.44. The second kappa shape index (κ2) is 4.79. The third kappa shape index (κ3) is 2.27. The molecule has 1 aromatic heterocycles. The molecule has 2 aromatic rings. The fourth-order valence-corrected chi connectivity index (χ4v) is 1.47. The van der Waals surface area contributed by atoms with Gasteiger partial charge in [0.25, 0.3) is 11.5 Å². The number of benzene rings is 1. The Morgan fingerprint density at radius 2 is 2.00 bits per heavy atom. The summed E-state index contributed by atoms with van der Waals surface area (Å²) in [6.07, 6.45) is 0. The number of para-hydroxylation sites is 1. The molecule has 0 unspecified atom stereocenters. The number of carbonyl (C=O) groups is 1. The summed E-state index contributed by atoms with van der Waals surface area (Å²) in [4.78, 5) is 24.0. The molecule has 1 amide bonds. The van der Waals surface area contributed by atoms with E-state index in [2.05, 4.69) is 10.2 Å². The number of nitrogens with zero attached hydrogens (tertiary/aromatic N) is 2. The molecule has 2 rings (SSSR count). The maximum atomic E-state index is 13.5. The number of hydrogen-bond donors (Lipinski definition) is 1. The Morgan fingerprint density at radius 3 is 2.61 bits per heavy atom. The van der Waals surface area contributed by atoms with Gasteiger partial charge in [0, 0.05) is 13.1 Å². The van der Waals surface area contributed by atoms with E-state index in [1.54, 1.807) is 6.07 Å². The fourth-order valence-electron chi connectivity index (χ4n) is 1.47. The molecular formula is C12H10FN3O2. The Kier molecular flexibility index (Phi) is 3.18. The van der Waals surface area contributed by atoms with E-state index in [0.717, 1.165) is 4.90 Å². The molecule has 0 spiro atoms. The minimum Gasteiger partial charge on any atom is -0.307 e. The van der Waals surface area contributed by atoms with Crippen molar-refractivity contribution >= 4 is 11.6 Å². The molecule has 5 nitrogen and oxygen atoms in total. The highest BCUT2D eigenvalue weighted by Gasteiger charge is 2.17. The van der Waals surface area contributed by atoms with Crippen molar-refractivity contribution in [2.24, 2.45) is 0 Å². The van der Waals surface area contributed by atoms with E-state index in [1.807, 2.05) is 0 Å². The molecular weight excluding hydrogens is 237 g/mol. The molecule has 0 aliphatic carbocycles. The van der Waals surface area contributed by atoms with Gasteiger partial charge in [0.05, 0.1) is 5.69 Å². The molecule has 0 bridgehead atoms. The third-order valence-corrected chi connectivity index (χ3v) is 2.42. The van der Waals surface area contributed by atoms with Gasteiger partial charge in [-0.2, -0.15) is 5.10 Å². The Bertz CT molecular complexity index is 619. The van der Waals surface area contributed by atoms with E-state index in [9.17, 15) is 14.0 Å². The highest BCUT2D eigenvalue weighted by atomic mass is 19.1. The monoisotopic (exact) mass is 247 g/mol. The normalized spacial score (nSPS) is 10.1. The summed E-state index contributed by atoms with van der Waals surface area (Å²) in [6, 6.07) is 8.39. The molecule has 0 radical (unpaired) electrons. The van der Waals surface area contributed by atoms with Gasteiger partial charge in [-0.1, -0.05) is 12.1 Å². The van der Waals surface area contributed by atoms with Crippen LogP contribution in [-0.2, 0) is 0 Å². The second-order valence-electron chi connectivity index (χ2n) is 3.62.